The van der Waals surface area contributed by atoms with E-state index < -0.39 is 24.0 Å². The van der Waals surface area contributed by atoms with Crippen molar-refractivity contribution in [2.75, 3.05) is 13.1 Å². The highest BCUT2D eigenvalue weighted by atomic mass is 16.4. The van der Waals surface area contributed by atoms with Gasteiger partial charge in [0.2, 0.25) is 5.91 Å². The molecule has 108 valence electrons. The number of urea groups is 1. The fraction of sp³-hybridized carbons (Fsp3) is 0.750. The highest BCUT2D eigenvalue weighted by Crippen LogP contribution is 2.15. The van der Waals surface area contributed by atoms with Gasteiger partial charge in [-0.1, -0.05) is 0 Å². The van der Waals surface area contributed by atoms with Crippen LogP contribution in [0.1, 0.15) is 27.7 Å². The number of hydrogen-bond donors (Lipinski definition) is 3. The Morgan fingerprint density at radius 2 is 1.79 bits per heavy atom. The third kappa shape index (κ3) is 4.42. The minimum atomic E-state index is -0.900. The Morgan fingerprint density at radius 3 is 2.21 bits per heavy atom. The van der Waals surface area contributed by atoms with Crippen LogP contribution >= 0.6 is 0 Å². The molecule has 0 radical (unpaired) electrons. The molecular weight excluding hydrogens is 250 g/mol. The van der Waals surface area contributed by atoms with Crippen molar-refractivity contribution in [3.05, 3.63) is 0 Å². The summed E-state index contributed by atoms with van der Waals surface area (Å²) < 4.78 is 0. The van der Waals surface area contributed by atoms with Crippen molar-refractivity contribution in [1.29, 1.82) is 0 Å². The van der Waals surface area contributed by atoms with Gasteiger partial charge in [-0.3, -0.25) is 9.59 Å². The number of rotatable bonds is 3. The van der Waals surface area contributed by atoms with Gasteiger partial charge in [-0.25, -0.2) is 4.79 Å². The molecule has 3 N–H and O–H groups in total. The molecule has 1 atom stereocenters. The first-order valence-corrected chi connectivity index (χ1v) is 6.20. The zero-order valence-corrected chi connectivity index (χ0v) is 11.7. The lowest BCUT2D eigenvalue weighted by molar-refractivity contribution is -0.146. The lowest BCUT2D eigenvalue weighted by Gasteiger charge is -2.37. The molecule has 3 amide bonds. The molecule has 19 heavy (non-hydrogen) atoms. The first-order chi connectivity index (χ1) is 8.60. The van der Waals surface area contributed by atoms with Crippen LogP contribution in [0.15, 0.2) is 0 Å². The van der Waals surface area contributed by atoms with E-state index in [4.69, 9.17) is 5.11 Å². The monoisotopic (exact) mass is 271 g/mol. The minimum absolute atomic E-state index is 0.189. The molecule has 1 fully saturated rings. The van der Waals surface area contributed by atoms with Crippen LogP contribution in [0.3, 0.4) is 0 Å². The molecule has 0 saturated carbocycles. The van der Waals surface area contributed by atoms with Crippen molar-refractivity contribution in [3.63, 3.8) is 0 Å². The quantitative estimate of drug-likeness (QED) is 0.673. The summed E-state index contributed by atoms with van der Waals surface area (Å²) >= 11 is 0. The zero-order valence-electron chi connectivity index (χ0n) is 11.7. The number of hydrogen-bond acceptors (Lipinski definition) is 3. The average molecular weight is 271 g/mol. The molecule has 1 heterocycles. The van der Waals surface area contributed by atoms with Crippen molar-refractivity contribution in [2.24, 2.45) is 5.92 Å². The highest BCUT2D eigenvalue weighted by Gasteiger charge is 2.36. The number of likely N-dealkylation sites (tertiary alicyclic amines) is 1. The van der Waals surface area contributed by atoms with Crippen molar-refractivity contribution < 1.29 is 19.5 Å². The molecule has 1 aliphatic heterocycles. The fourth-order valence-corrected chi connectivity index (χ4v) is 1.62. The molecule has 1 unspecified atom stereocenters. The Labute approximate surface area is 112 Å². The second-order valence-electron chi connectivity index (χ2n) is 5.85. The maximum Gasteiger partial charge on any atom is 0.318 e. The van der Waals surface area contributed by atoms with Crippen molar-refractivity contribution in [3.8, 4) is 0 Å². The zero-order chi connectivity index (χ0) is 14.8. The maximum atomic E-state index is 11.8. The molecule has 0 aromatic rings. The van der Waals surface area contributed by atoms with E-state index in [-0.39, 0.29) is 24.5 Å². The van der Waals surface area contributed by atoms with E-state index in [0.717, 1.165) is 0 Å². The van der Waals surface area contributed by atoms with Gasteiger partial charge in [0.15, 0.2) is 0 Å². The molecule has 0 spiro atoms. The van der Waals surface area contributed by atoms with Crippen LogP contribution in [0.2, 0.25) is 0 Å². The largest absolute Gasteiger partial charge is 0.481 e. The smallest absolute Gasteiger partial charge is 0.318 e. The van der Waals surface area contributed by atoms with Gasteiger partial charge < -0.3 is 20.6 Å². The van der Waals surface area contributed by atoms with Crippen molar-refractivity contribution >= 4 is 17.9 Å². The van der Waals surface area contributed by atoms with Gasteiger partial charge in [0, 0.05) is 18.6 Å². The molecular formula is C12H21N3O4. The molecule has 7 heteroatoms. The maximum absolute atomic E-state index is 11.8. The van der Waals surface area contributed by atoms with Gasteiger partial charge in [-0.15, -0.1) is 0 Å². The van der Waals surface area contributed by atoms with Gasteiger partial charge in [0.1, 0.15) is 6.04 Å². The number of carbonyl (C=O) groups excluding carboxylic acids is 2. The standard InChI is InChI=1S/C12H21N3O4/c1-7(9(16)14-12(2,3)4)13-11(19)15-5-8(6-15)10(17)18/h7-8H,5-6H2,1-4H3,(H,13,19)(H,14,16)(H,17,18). The number of carboxylic acid groups (broad SMARTS) is 1. The molecule has 0 aliphatic carbocycles. The Morgan fingerprint density at radius 1 is 1.26 bits per heavy atom. The summed E-state index contributed by atoms with van der Waals surface area (Å²) in [6.07, 6.45) is 0. The van der Waals surface area contributed by atoms with E-state index in [1.54, 1.807) is 6.92 Å². The second kappa shape index (κ2) is 5.46. The van der Waals surface area contributed by atoms with E-state index in [1.807, 2.05) is 20.8 Å². The van der Waals surface area contributed by atoms with Gasteiger partial charge in [-0.05, 0) is 27.7 Å². The van der Waals surface area contributed by atoms with Gasteiger partial charge in [0.05, 0.1) is 5.92 Å². The first-order valence-electron chi connectivity index (χ1n) is 6.20. The Bertz CT molecular complexity index is 383. The lowest BCUT2D eigenvalue weighted by Crippen LogP contribution is -2.59. The van der Waals surface area contributed by atoms with E-state index >= 15 is 0 Å². The molecule has 1 saturated heterocycles. The van der Waals surface area contributed by atoms with Crippen LogP contribution in [0.4, 0.5) is 4.79 Å². The normalized spacial score (nSPS) is 17.4. The van der Waals surface area contributed by atoms with Gasteiger partial charge in [-0.2, -0.15) is 0 Å². The summed E-state index contributed by atoms with van der Waals surface area (Å²) in [5.41, 5.74) is -0.360. The third-order valence-corrected chi connectivity index (χ3v) is 2.75. The number of amides is 3. The molecule has 7 nitrogen and oxygen atoms in total. The molecule has 0 bridgehead atoms. The van der Waals surface area contributed by atoms with E-state index in [0.29, 0.717) is 0 Å². The van der Waals surface area contributed by atoms with Crippen LogP contribution in [0, 0.1) is 5.92 Å². The van der Waals surface area contributed by atoms with Gasteiger partial charge in [0.25, 0.3) is 0 Å². The summed E-state index contributed by atoms with van der Waals surface area (Å²) in [7, 11) is 0. The minimum Gasteiger partial charge on any atom is -0.481 e. The van der Waals surface area contributed by atoms with Crippen LogP contribution < -0.4 is 10.6 Å². The van der Waals surface area contributed by atoms with Crippen LogP contribution in [-0.4, -0.2) is 52.6 Å². The number of nitrogens with zero attached hydrogens (tertiary/aromatic N) is 1. The van der Waals surface area contributed by atoms with Gasteiger partial charge >= 0.3 is 12.0 Å². The lowest BCUT2D eigenvalue weighted by atomic mass is 10.0. The summed E-state index contributed by atoms with van der Waals surface area (Å²) in [6, 6.07) is -1.07. The summed E-state index contributed by atoms with van der Waals surface area (Å²) in [4.78, 5) is 35.5. The number of aliphatic carboxylic acids is 1. The molecule has 0 aromatic heterocycles. The Kier molecular flexibility index (Phi) is 4.39. The SMILES string of the molecule is CC(NC(=O)N1CC(C(=O)O)C1)C(=O)NC(C)(C)C. The van der Waals surface area contributed by atoms with Crippen LogP contribution in [0.25, 0.3) is 0 Å². The third-order valence-electron chi connectivity index (χ3n) is 2.75. The topological polar surface area (TPSA) is 98.7 Å². The molecule has 0 aromatic carbocycles. The van der Waals surface area contributed by atoms with Crippen molar-refractivity contribution in [1.82, 2.24) is 15.5 Å². The van der Waals surface area contributed by atoms with E-state index in [2.05, 4.69) is 10.6 Å². The summed E-state index contributed by atoms with van der Waals surface area (Å²) in [5.74, 6) is -1.66. The number of nitrogens with one attached hydrogen (secondary N) is 2. The van der Waals surface area contributed by atoms with Crippen LogP contribution in [0.5, 0.6) is 0 Å². The average Bonchev–Trinajstić information content (AvgIpc) is 2.10. The summed E-state index contributed by atoms with van der Waals surface area (Å²) in [6.45, 7) is 7.53. The summed E-state index contributed by atoms with van der Waals surface area (Å²) in [5, 5.41) is 14.0. The highest BCUT2D eigenvalue weighted by molar-refractivity contribution is 5.88. The first kappa shape index (κ1) is 15.3. The van der Waals surface area contributed by atoms with E-state index in [9.17, 15) is 14.4 Å². The fourth-order valence-electron chi connectivity index (χ4n) is 1.62. The predicted molar refractivity (Wildman–Crippen MR) is 68.6 cm³/mol. The van der Waals surface area contributed by atoms with E-state index in [1.165, 1.54) is 4.90 Å². The Hall–Kier alpha value is -1.79. The van der Waals surface area contributed by atoms with Crippen molar-refractivity contribution in [2.45, 2.75) is 39.3 Å². The second-order valence-corrected chi connectivity index (χ2v) is 5.85. The number of carbonyl (C=O) groups is 3. The molecule has 1 aliphatic rings. The Balaban J connectivity index is 2.37. The van der Waals surface area contributed by atoms with Crippen LogP contribution in [-0.2, 0) is 9.59 Å². The number of carboxylic acids is 1. The molecule has 1 rings (SSSR count). The predicted octanol–water partition coefficient (Wildman–Crippen LogP) is 0.0156.